The molecule has 0 atom stereocenters. The Bertz CT molecular complexity index is 1040. The minimum absolute atomic E-state index is 0.140. The van der Waals surface area contributed by atoms with Crippen LogP contribution in [0.15, 0.2) is 41.6 Å². The number of imidazole rings is 1. The molecule has 0 saturated heterocycles. The number of nitrogens with zero attached hydrogens (tertiary/aromatic N) is 3. The van der Waals surface area contributed by atoms with E-state index in [-0.39, 0.29) is 18.1 Å². The van der Waals surface area contributed by atoms with E-state index in [4.69, 9.17) is 0 Å². The molecule has 1 aliphatic heterocycles. The summed E-state index contributed by atoms with van der Waals surface area (Å²) in [5, 5.41) is 5.54. The zero-order valence-electron chi connectivity index (χ0n) is 15.2. The number of hydrogen-bond acceptors (Lipinski definition) is 4. The van der Waals surface area contributed by atoms with Crippen molar-refractivity contribution in [2.75, 3.05) is 13.6 Å². The van der Waals surface area contributed by atoms with Crippen LogP contribution in [0, 0.1) is 0 Å². The number of urea groups is 1. The smallest absolute Gasteiger partial charge is 0.315 e. The first-order chi connectivity index (χ1) is 13.1. The highest BCUT2D eigenvalue weighted by Crippen LogP contribution is 2.15. The van der Waals surface area contributed by atoms with Gasteiger partial charge in [-0.2, -0.15) is 0 Å². The molecule has 8 nitrogen and oxygen atoms in total. The fourth-order valence-electron chi connectivity index (χ4n) is 3.37. The van der Waals surface area contributed by atoms with E-state index in [0.717, 1.165) is 42.0 Å². The number of carbonyl (C=O) groups is 1. The second-order valence-electron chi connectivity index (χ2n) is 6.84. The van der Waals surface area contributed by atoms with Gasteiger partial charge in [0, 0.05) is 43.5 Å². The summed E-state index contributed by atoms with van der Waals surface area (Å²) in [6, 6.07) is 7.37. The first-order valence-electron chi connectivity index (χ1n) is 8.95. The van der Waals surface area contributed by atoms with Gasteiger partial charge in [0.15, 0.2) is 0 Å². The largest absolute Gasteiger partial charge is 0.334 e. The maximum Gasteiger partial charge on any atom is 0.315 e. The van der Waals surface area contributed by atoms with Gasteiger partial charge in [-0.1, -0.05) is 6.07 Å². The minimum atomic E-state index is -0.332. The average Bonchev–Trinajstić information content (AvgIpc) is 3.08. The normalized spacial score (nSPS) is 14.1. The van der Waals surface area contributed by atoms with Gasteiger partial charge in [0.25, 0.3) is 5.56 Å². The summed E-state index contributed by atoms with van der Waals surface area (Å²) in [5.74, 6) is 0. The molecule has 3 N–H and O–H groups in total. The summed E-state index contributed by atoms with van der Waals surface area (Å²) in [5.41, 5.74) is 4.28. The Morgan fingerprint density at radius 1 is 1.30 bits per heavy atom. The van der Waals surface area contributed by atoms with Crippen LogP contribution >= 0.6 is 0 Å². The molecule has 0 aliphatic carbocycles. The molecule has 8 heteroatoms. The topological polar surface area (TPSA) is 94.5 Å². The summed E-state index contributed by atoms with van der Waals surface area (Å²) in [6.07, 6.45) is 4.47. The van der Waals surface area contributed by atoms with E-state index in [9.17, 15) is 9.59 Å². The van der Waals surface area contributed by atoms with Crippen molar-refractivity contribution in [2.24, 2.45) is 0 Å². The number of H-pyrrole nitrogens is 1. The molecule has 0 saturated carbocycles. The molecule has 2 amide bonds. The third-order valence-electron chi connectivity index (χ3n) is 4.86. The Morgan fingerprint density at radius 3 is 3.04 bits per heavy atom. The van der Waals surface area contributed by atoms with Crippen molar-refractivity contribution in [2.45, 2.75) is 26.1 Å². The Labute approximate surface area is 156 Å². The zero-order chi connectivity index (χ0) is 18.8. The second-order valence-corrected chi connectivity index (χ2v) is 6.84. The third kappa shape index (κ3) is 3.70. The summed E-state index contributed by atoms with van der Waals surface area (Å²) in [4.78, 5) is 33.8. The van der Waals surface area contributed by atoms with Crippen molar-refractivity contribution in [3.8, 4) is 0 Å². The molecular weight excluding hydrogens is 344 g/mol. The molecule has 1 aliphatic rings. The number of amides is 2. The lowest BCUT2D eigenvalue weighted by molar-refractivity contribution is 0.240. The summed E-state index contributed by atoms with van der Waals surface area (Å²) in [7, 11) is 2.05. The van der Waals surface area contributed by atoms with Crippen molar-refractivity contribution < 1.29 is 4.79 Å². The number of carbonyl (C=O) groups excluding carboxylic acids is 1. The third-order valence-corrected chi connectivity index (χ3v) is 4.86. The van der Waals surface area contributed by atoms with Gasteiger partial charge in [-0.05, 0) is 30.8 Å². The molecule has 140 valence electrons. The number of nitrogens with one attached hydrogen (secondary N) is 3. The van der Waals surface area contributed by atoms with Crippen LogP contribution in [-0.4, -0.2) is 38.9 Å². The number of aromatic nitrogens is 3. The van der Waals surface area contributed by atoms with Crippen LogP contribution < -0.4 is 16.2 Å². The molecule has 0 spiro atoms. The van der Waals surface area contributed by atoms with E-state index in [1.807, 2.05) is 34.9 Å². The van der Waals surface area contributed by atoms with Gasteiger partial charge in [-0.15, -0.1) is 0 Å². The van der Waals surface area contributed by atoms with Crippen molar-refractivity contribution in [1.29, 1.82) is 0 Å². The molecule has 4 rings (SSSR count). The molecule has 3 aromatic heterocycles. The zero-order valence-corrected chi connectivity index (χ0v) is 15.2. The highest BCUT2D eigenvalue weighted by atomic mass is 16.2. The first kappa shape index (κ1) is 17.3. The van der Waals surface area contributed by atoms with Crippen LogP contribution in [0.1, 0.15) is 22.5 Å². The molecule has 27 heavy (non-hydrogen) atoms. The average molecular weight is 366 g/mol. The summed E-state index contributed by atoms with van der Waals surface area (Å²) >= 11 is 0. The van der Waals surface area contributed by atoms with E-state index in [1.54, 1.807) is 6.33 Å². The van der Waals surface area contributed by atoms with Gasteiger partial charge in [0.1, 0.15) is 0 Å². The highest BCUT2D eigenvalue weighted by molar-refractivity contribution is 5.74. The van der Waals surface area contributed by atoms with Crippen LogP contribution in [0.4, 0.5) is 4.79 Å². The summed E-state index contributed by atoms with van der Waals surface area (Å²) < 4.78 is 1.90. The van der Waals surface area contributed by atoms with Crippen LogP contribution in [-0.2, 0) is 26.1 Å². The molecular formula is C19H22N6O2. The molecule has 3 aromatic rings. The molecule has 0 radical (unpaired) electrons. The van der Waals surface area contributed by atoms with Crippen molar-refractivity contribution in [3.63, 3.8) is 0 Å². The predicted octanol–water partition coefficient (Wildman–Crippen LogP) is 1.01. The van der Waals surface area contributed by atoms with Gasteiger partial charge < -0.3 is 24.9 Å². The lowest BCUT2D eigenvalue weighted by Crippen LogP contribution is -2.37. The Kier molecular flexibility index (Phi) is 4.64. The van der Waals surface area contributed by atoms with Crippen molar-refractivity contribution in [3.05, 3.63) is 69.7 Å². The van der Waals surface area contributed by atoms with E-state index >= 15 is 0 Å². The number of aromatic amines is 1. The number of pyridine rings is 2. The fraction of sp³-hybridized carbons (Fsp3) is 0.316. The van der Waals surface area contributed by atoms with Gasteiger partial charge >= 0.3 is 6.03 Å². The first-order valence-corrected chi connectivity index (χ1v) is 8.95. The second kappa shape index (κ2) is 7.24. The van der Waals surface area contributed by atoms with Gasteiger partial charge in [-0.3, -0.25) is 4.79 Å². The number of hydrogen-bond donors (Lipinski definition) is 3. The number of rotatable bonds is 4. The van der Waals surface area contributed by atoms with E-state index in [2.05, 4.69) is 32.5 Å². The quantitative estimate of drug-likeness (QED) is 0.642. The maximum atomic E-state index is 12.2. The Morgan fingerprint density at radius 2 is 2.15 bits per heavy atom. The molecule has 4 heterocycles. The van der Waals surface area contributed by atoms with Gasteiger partial charge in [-0.25, -0.2) is 9.78 Å². The molecule has 0 aromatic carbocycles. The molecule has 0 bridgehead atoms. The van der Waals surface area contributed by atoms with Gasteiger partial charge in [0.05, 0.1) is 24.1 Å². The van der Waals surface area contributed by atoms with E-state index in [1.165, 1.54) is 0 Å². The maximum absolute atomic E-state index is 12.2. The van der Waals surface area contributed by atoms with Crippen LogP contribution in [0.2, 0.25) is 0 Å². The van der Waals surface area contributed by atoms with E-state index < -0.39 is 0 Å². The standard InChI is InChI=1S/C19H22N6O2/c1-24-7-5-15-14(11-24)8-13(18(26)23-15)9-20-19(27)21-10-16-17-4-2-3-6-25(17)12-22-16/h2-4,6,8,12H,5,7,9-11H2,1H3,(H,23,26)(H2,20,21,27). The van der Waals surface area contributed by atoms with Gasteiger partial charge in [0.2, 0.25) is 0 Å². The Balaban J connectivity index is 1.37. The number of likely N-dealkylation sites (N-methyl/N-ethyl adjacent to an activating group) is 1. The van der Waals surface area contributed by atoms with Crippen molar-refractivity contribution in [1.82, 2.24) is 29.9 Å². The molecule has 0 unspecified atom stereocenters. The Hall–Kier alpha value is -3.13. The minimum Gasteiger partial charge on any atom is -0.334 e. The lowest BCUT2D eigenvalue weighted by atomic mass is 10.0. The number of fused-ring (bicyclic) bond motifs is 2. The van der Waals surface area contributed by atoms with Crippen LogP contribution in [0.3, 0.4) is 0 Å². The summed E-state index contributed by atoms with van der Waals surface area (Å²) in [6.45, 7) is 2.24. The van der Waals surface area contributed by atoms with Crippen molar-refractivity contribution >= 4 is 11.5 Å². The monoisotopic (exact) mass is 366 g/mol. The predicted molar refractivity (Wildman–Crippen MR) is 101 cm³/mol. The highest BCUT2D eigenvalue weighted by Gasteiger charge is 2.16. The molecule has 0 fully saturated rings. The van der Waals surface area contributed by atoms with E-state index in [0.29, 0.717) is 12.1 Å². The van der Waals surface area contributed by atoms with Crippen LogP contribution in [0.5, 0.6) is 0 Å². The lowest BCUT2D eigenvalue weighted by Gasteiger charge is -2.24. The fourth-order valence-corrected chi connectivity index (χ4v) is 3.37. The van der Waals surface area contributed by atoms with Crippen LogP contribution in [0.25, 0.3) is 5.52 Å². The SMILES string of the molecule is CN1CCc2[nH]c(=O)c(CNC(=O)NCc3ncn4ccccc34)cc2C1.